The molecule has 1 unspecified atom stereocenters. The van der Waals surface area contributed by atoms with Crippen LogP contribution < -0.4 is 11.1 Å². The number of nitrogens with two attached hydrogens (primary N) is 1. The van der Waals surface area contributed by atoms with Crippen molar-refractivity contribution in [2.45, 2.75) is 12.5 Å². The second kappa shape index (κ2) is 5.01. The third-order valence-corrected chi connectivity index (χ3v) is 2.38. The van der Waals surface area contributed by atoms with Gasteiger partial charge in [-0.15, -0.1) is 0 Å². The van der Waals surface area contributed by atoms with Crippen molar-refractivity contribution in [3.05, 3.63) is 22.2 Å². The topological polar surface area (TPSA) is 75.3 Å². The van der Waals surface area contributed by atoms with Crippen LogP contribution in [-0.2, 0) is 11.0 Å². The van der Waals surface area contributed by atoms with Crippen molar-refractivity contribution in [1.29, 1.82) is 0 Å². The highest BCUT2D eigenvalue weighted by Crippen LogP contribution is 2.40. The Balaban J connectivity index is 3.29. The number of carboxylic acid groups (broad SMARTS) is 1. The molecule has 1 rings (SSSR count). The lowest BCUT2D eigenvalue weighted by Crippen LogP contribution is -2.26. The molecule has 0 aliphatic carbocycles. The smallest absolute Gasteiger partial charge is 0.418 e. The Morgan fingerprint density at radius 1 is 1.44 bits per heavy atom. The van der Waals surface area contributed by atoms with E-state index in [0.717, 1.165) is 6.07 Å². The fourth-order valence-electron chi connectivity index (χ4n) is 1.20. The molecule has 0 amide bonds. The minimum absolute atomic E-state index is 0.0450. The van der Waals surface area contributed by atoms with Gasteiger partial charge in [0.15, 0.2) is 0 Å². The third-order valence-electron chi connectivity index (χ3n) is 1.93. The van der Waals surface area contributed by atoms with Gasteiger partial charge in [0.2, 0.25) is 0 Å². The molecule has 0 saturated heterocycles. The van der Waals surface area contributed by atoms with E-state index >= 15 is 0 Å². The number of alkyl halides is 4. The maximum absolute atomic E-state index is 12.9. The molecule has 0 aromatic heterocycles. The summed E-state index contributed by atoms with van der Waals surface area (Å²) >= 11 is 2.82. The van der Waals surface area contributed by atoms with Crippen LogP contribution >= 0.6 is 15.9 Å². The summed E-state index contributed by atoms with van der Waals surface area (Å²) in [5.74, 6) is -1.94. The number of carboxylic acids is 1. The van der Waals surface area contributed by atoms with Gasteiger partial charge >= 0.3 is 12.1 Å². The van der Waals surface area contributed by atoms with Crippen molar-refractivity contribution < 1.29 is 27.5 Å². The van der Waals surface area contributed by atoms with Gasteiger partial charge in [-0.2, -0.15) is 13.2 Å². The number of rotatable bonds is 3. The summed E-state index contributed by atoms with van der Waals surface area (Å²) in [6.07, 6.45) is -7.48. The van der Waals surface area contributed by atoms with Crippen LogP contribution in [-0.4, -0.2) is 17.4 Å². The second-order valence-electron chi connectivity index (χ2n) is 3.26. The largest absolute Gasteiger partial charge is 0.478 e. The van der Waals surface area contributed by atoms with Crippen LogP contribution in [0.1, 0.15) is 5.56 Å². The molecule has 100 valence electrons. The summed E-state index contributed by atoms with van der Waals surface area (Å²) < 4.78 is 51.0. The molecule has 4 nitrogen and oxygen atoms in total. The Labute approximate surface area is 107 Å². The second-order valence-corrected chi connectivity index (χ2v) is 4.18. The quantitative estimate of drug-likeness (QED) is 0.452. The molecule has 18 heavy (non-hydrogen) atoms. The van der Waals surface area contributed by atoms with Crippen LogP contribution in [0.15, 0.2) is 16.6 Å². The van der Waals surface area contributed by atoms with Crippen LogP contribution in [0.3, 0.4) is 0 Å². The van der Waals surface area contributed by atoms with E-state index in [4.69, 9.17) is 10.8 Å². The molecule has 0 spiro atoms. The van der Waals surface area contributed by atoms with E-state index in [0.29, 0.717) is 6.07 Å². The van der Waals surface area contributed by atoms with Gasteiger partial charge < -0.3 is 16.2 Å². The molecule has 0 bridgehead atoms. The molecule has 0 saturated carbocycles. The molecule has 1 atom stereocenters. The zero-order valence-electron chi connectivity index (χ0n) is 8.55. The summed E-state index contributed by atoms with van der Waals surface area (Å²) in [6.45, 7) is 0. The highest BCUT2D eigenvalue weighted by atomic mass is 79.9. The monoisotopic (exact) mass is 330 g/mol. The predicted molar refractivity (Wildman–Crippen MR) is 59.7 cm³/mol. The lowest BCUT2D eigenvalue weighted by molar-refractivity contribution is -0.142. The molecule has 0 heterocycles. The van der Waals surface area contributed by atoms with Gasteiger partial charge in [0.1, 0.15) is 0 Å². The fraction of sp³-hybridized carbons (Fsp3) is 0.222. The highest BCUT2D eigenvalue weighted by Gasteiger charge is 2.36. The van der Waals surface area contributed by atoms with Crippen molar-refractivity contribution in [3.8, 4) is 0 Å². The minimum Gasteiger partial charge on any atom is -0.478 e. The van der Waals surface area contributed by atoms with Gasteiger partial charge in [0.25, 0.3) is 6.30 Å². The molecule has 9 heteroatoms. The van der Waals surface area contributed by atoms with Crippen molar-refractivity contribution in [3.63, 3.8) is 0 Å². The number of nitrogen functional groups attached to an aromatic ring is 1. The van der Waals surface area contributed by atoms with E-state index in [2.05, 4.69) is 15.9 Å². The first kappa shape index (κ1) is 14.6. The Morgan fingerprint density at radius 2 is 2.00 bits per heavy atom. The Morgan fingerprint density at radius 3 is 2.44 bits per heavy atom. The Kier molecular flexibility index (Phi) is 4.05. The van der Waals surface area contributed by atoms with Gasteiger partial charge in [-0.1, -0.05) is 15.9 Å². The summed E-state index contributed by atoms with van der Waals surface area (Å²) in [7, 11) is 0. The fourth-order valence-corrected chi connectivity index (χ4v) is 1.68. The van der Waals surface area contributed by atoms with Crippen molar-refractivity contribution in [2.24, 2.45) is 0 Å². The maximum atomic E-state index is 12.9. The van der Waals surface area contributed by atoms with Gasteiger partial charge in [0, 0.05) is 4.47 Å². The van der Waals surface area contributed by atoms with Gasteiger partial charge in [-0.05, 0) is 12.1 Å². The molecule has 0 fully saturated rings. The number of aliphatic carboxylic acids is 1. The van der Waals surface area contributed by atoms with Crippen molar-refractivity contribution >= 4 is 33.3 Å². The molecule has 1 aromatic rings. The molecule has 4 N–H and O–H groups in total. The molecule has 1 aromatic carbocycles. The van der Waals surface area contributed by atoms with E-state index in [9.17, 15) is 22.4 Å². The zero-order valence-corrected chi connectivity index (χ0v) is 10.1. The molecular weight excluding hydrogens is 324 g/mol. The van der Waals surface area contributed by atoms with E-state index in [-0.39, 0.29) is 4.47 Å². The van der Waals surface area contributed by atoms with E-state index in [1.54, 1.807) is 5.32 Å². The van der Waals surface area contributed by atoms with Crippen molar-refractivity contribution in [2.75, 3.05) is 11.1 Å². The van der Waals surface area contributed by atoms with Crippen LogP contribution in [0, 0.1) is 0 Å². The lowest BCUT2D eigenvalue weighted by atomic mass is 10.1. The number of hydrogen-bond donors (Lipinski definition) is 3. The molecular formula is C9H7BrF4N2O2. The van der Waals surface area contributed by atoms with Crippen LogP contribution in [0.4, 0.5) is 28.9 Å². The average molecular weight is 331 g/mol. The number of benzene rings is 1. The Bertz CT molecular complexity index is 478. The number of hydrogen-bond acceptors (Lipinski definition) is 3. The predicted octanol–water partition coefficient (Wildman–Crippen LogP) is 2.84. The summed E-state index contributed by atoms with van der Waals surface area (Å²) in [5.41, 5.74) is 2.84. The van der Waals surface area contributed by atoms with Crippen LogP contribution in [0.2, 0.25) is 0 Å². The average Bonchev–Trinajstić information content (AvgIpc) is 2.19. The minimum atomic E-state index is -4.79. The number of carbonyl (C=O) groups is 1. The van der Waals surface area contributed by atoms with Crippen LogP contribution in [0.5, 0.6) is 0 Å². The molecule has 0 radical (unpaired) electrons. The lowest BCUT2D eigenvalue weighted by Gasteiger charge is -2.17. The first-order chi connectivity index (χ1) is 8.12. The van der Waals surface area contributed by atoms with Gasteiger partial charge in [-0.3, -0.25) is 0 Å². The standard InChI is InChI=1S/C9H7BrF4N2O2/c10-3-1-4(9(12,13)14)6(5(15)2-3)16-7(11)8(17)18/h1-2,7,16H,15H2,(H,17,18). The molecule has 0 aliphatic heterocycles. The summed E-state index contributed by atoms with van der Waals surface area (Å²) in [6, 6.07) is 1.78. The van der Waals surface area contributed by atoms with E-state index in [1.165, 1.54) is 0 Å². The van der Waals surface area contributed by atoms with Gasteiger partial charge in [-0.25, -0.2) is 9.18 Å². The normalized spacial score (nSPS) is 13.2. The first-order valence-electron chi connectivity index (χ1n) is 4.42. The van der Waals surface area contributed by atoms with E-state index in [1.807, 2.05) is 0 Å². The number of anilines is 2. The van der Waals surface area contributed by atoms with E-state index < -0.39 is 35.4 Å². The zero-order chi connectivity index (χ0) is 14.1. The third kappa shape index (κ3) is 3.25. The Hall–Kier alpha value is -1.51. The maximum Gasteiger partial charge on any atom is 0.418 e. The first-order valence-corrected chi connectivity index (χ1v) is 5.22. The highest BCUT2D eigenvalue weighted by molar-refractivity contribution is 9.10. The van der Waals surface area contributed by atoms with Crippen molar-refractivity contribution in [1.82, 2.24) is 0 Å². The van der Waals surface area contributed by atoms with Crippen LogP contribution in [0.25, 0.3) is 0 Å². The number of halogens is 5. The summed E-state index contributed by atoms with van der Waals surface area (Å²) in [5, 5.41) is 9.89. The molecule has 0 aliphatic rings. The van der Waals surface area contributed by atoms with Gasteiger partial charge in [0.05, 0.1) is 16.9 Å². The SMILES string of the molecule is Nc1cc(Br)cc(C(F)(F)F)c1NC(F)C(=O)O. The number of nitrogens with one attached hydrogen (secondary N) is 1. The summed E-state index contributed by atoms with van der Waals surface area (Å²) in [4.78, 5) is 10.3.